The molecule has 0 atom stereocenters. The fourth-order valence-corrected chi connectivity index (χ4v) is 2.88. The molecule has 0 aliphatic rings. The topological polar surface area (TPSA) is 72.7 Å². The third-order valence-corrected chi connectivity index (χ3v) is 4.31. The van der Waals surface area contributed by atoms with E-state index in [1.807, 2.05) is 47.2 Å². The van der Waals surface area contributed by atoms with E-state index in [1.54, 1.807) is 30.9 Å². The number of fused-ring (bicyclic) bond motifs is 1. The average Bonchev–Trinajstić information content (AvgIpc) is 3.24. The minimum Gasteiger partial charge on any atom is -0.352 e. The molecule has 27 heavy (non-hydrogen) atoms. The molecule has 0 saturated heterocycles. The zero-order valence-corrected chi connectivity index (χ0v) is 14.7. The van der Waals surface area contributed by atoms with Gasteiger partial charge in [0.2, 0.25) is 0 Å². The van der Waals surface area contributed by atoms with Gasteiger partial charge in [-0.05, 0) is 24.6 Å². The van der Waals surface area contributed by atoms with E-state index >= 15 is 0 Å². The highest BCUT2D eigenvalue weighted by Gasteiger charge is 2.08. The molecule has 6 heteroatoms. The van der Waals surface area contributed by atoms with Crippen molar-refractivity contribution in [3.05, 3.63) is 79.0 Å². The molecule has 0 aliphatic heterocycles. The number of hydrogen-bond donors (Lipinski definition) is 1. The van der Waals surface area contributed by atoms with Gasteiger partial charge in [-0.15, -0.1) is 0 Å². The Balaban J connectivity index is 1.42. The Labute approximate surface area is 156 Å². The maximum atomic E-state index is 12.4. The maximum Gasteiger partial charge on any atom is 0.251 e. The second kappa shape index (κ2) is 7.78. The Morgan fingerprint density at radius 1 is 1.07 bits per heavy atom. The minimum atomic E-state index is -0.100. The van der Waals surface area contributed by atoms with Crippen molar-refractivity contribution >= 4 is 16.9 Å². The normalized spacial score (nSPS) is 10.8. The van der Waals surface area contributed by atoms with Crippen molar-refractivity contribution in [1.82, 2.24) is 24.8 Å². The van der Waals surface area contributed by atoms with Crippen LogP contribution in [0.3, 0.4) is 0 Å². The van der Waals surface area contributed by atoms with Gasteiger partial charge >= 0.3 is 0 Å². The smallest absolute Gasteiger partial charge is 0.251 e. The van der Waals surface area contributed by atoms with Crippen LogP contribution in [0.15, 0.2) is 73.4 Å². The minimum absolute atomic E-state index is 0.100. The molecule has 1 N–H and O–H groups in total. The standard InChI is InChI=1S/C21H19N5O/c27-21(23-9-4-11-26-12-10-22-15-26)17-7-8-18-19(13-17)24-14-20(25-18)16-5-2-1-3-6-16/h1-3,5-8,10,12-15H,4,9,11H2,(H,23,27). The van der Waals surface area contributed by atoms with E-state index in [0.29, 0.717) is 17.6 Å². The number of amides is 1. The van der Waals surface area contributed by atoms with E-state index < -0.39 is 0 Å². The highest BCUT2D eigenvalue weighted by Crippen LogP contribution is 2.19. The lowest BCUT2D eigenvalue weighted by Gasteiger charge is -2.07. The molecule has 0 spiro atoms. The van der Waals surface area contributed by atoms with Crippen molar-refractivity contribution in [3.63, 3.8) is 0 Å². The molecule has 0 radical (unpaired) electrons. The number of aromatic nitrogens is 4. The van der Waals surface area contributed by atoms with E-state index in [1.165, 1.54) is 0 Å². The zero-order chi connectivity index (χ0) is 18.5. The number of carbonyl (C=O) groups is 1. The number of nitrogens with zero attached hydrogens (tertiary/aromatic N) is 4. The summed E-state index contributed by atoms with van der Waals surface area (Å²) in [6.45, 7) is 1.43. The lowest BCUT2D eigenvalue weighted by molar-refractivity contribution is 0.0953. The molecule has 2 aromatic heterocycles. The van der Waals surface area contributed by atoms with Gasteiger partial charge in [0.1, 0.15) is 0 Å². The Morgan fingerprint density at radius 2 is 1.96 bits per heavy atom. The first kappa shape index (κ1) is 16.9. The van der Waals surface area contributed by atoms with Gasteiger partial charge in [0, 0.05) is 36.6 Å². The van der Waals surface area contributed by atoms with Gasteiger partial charge in [0.25, 0.3) is 5.91 Å². The van der Waals surface area contributed by atoms with Crippen LogP contribution in [0.2, 0.25) is 0 Å². The number of nitrogens with one attached hydrogen (secondary N) is 1. The molecule has 6 nitrogen and oxygen atoms in total. The van der Waals surface area contributed by atoms with Crippen LogP contribution in [0.5, 0.6) is 0 Å². The maximum absolute atomic E-state index is 12.4. The molecule has 4 rings (SSSR count). The molecule has 2 aromatic carbocycles. The molecule has 0 unspecified atom stereocenters. The Bertz CT molecular complexity index is 1040. The molecular weight excluding hydrogens is 338 g/mol. The molecular formula is C21H19N5O. The number of aryl methyl sites for hydroxylation is 1. The van der Waals surface area contributed by atoms with Gasteiger partial charge in [-0.2, -0.15) is 0 Å². The highest BCUT2D eigenvalue weighted by molar-refractivity contribution is 5.97. The van der Waals surface area contributed by atoms with Gasteiger partial charge in [-0.25, -0.2) is 9.97 Å². The van der Waals surface area contributed by atoms with Gasteiger partial charge in [0.05, 0.1) is 29.3 Å². The number of carbonyl (C=O) groups excluding carboxylic acids is 1. The van der Waals surface area contributed by atoms with Crippen LogP contribution < -0.4 is 5.32 Å². The van der Waals surface area contributed by atoms with Crippen LogP contribution in [-0.4, -0.2) is 32.0 Å². The summed E-state index contributed by atoms with van der Waals surface area (Å²) in [5.41, 5.74) is 3.91. The zero-order valence-electron chi connectivity index (χ0n) is 14.7. The molecule has 2 heterocycles. The SMILES string of the molecule is O=C(NCCCn1ccnc1)c1ccc2nc(-c3ccccc3)cnc2c1. The van der Waals surface area contributed by atoms with Crippen LogP contribution in [0, 0.1) is 0 Å². The number of imidazole rings is 1. The Kier molecular flexibility index (Phi) is 4.87. The Hall–Kier alpha value is -3.54. The summed E-state index contributed by atoms with van der Waals surface area (Å²) in [5.74, 6) is -0.100. The lowest BCUT2D eigenvalue weighted by atomic mass is 10.1. The largest absolute Gasteiger partial charge is 0.352 e. The fourth-order valence-electron chi connectivity index (χ4n) is 2.88. The van der Waals surface area contributed by atoms with Crippen molar-refractivity contribution in [2.75, 3.05) is 6.54 Å². The van der Waals surface area contributed by atoms with E-state index in [4.69, 9.17) is 0 Å². The van der Waals surface area contributed by atoms with Crippen molar-refractivity contribution in [1.29, 1.82) is 0 Å². The summed E-state index contributed by atoms with van der Waals surface area (Å²) < 4.78 is 1.99. The van der Waals surface area contributed by atoms with Crippen molar-refractivity contribution < 1.29 is 4.79 Å². The summed E-state index contributed by atoms with van der Waals surface area (Å²) in [4.78, 5) is 25.5. The molecule has 0 bridgehead atoms. The van der Waals surface area contributed by atoms with E-state index in [0.717, 1.165) is 29.7 Å². The molecule has 134 valence electrons. The first-order valence-electron chi connectivity index (χ1n) is 8.86. The van der Waals surface area contributed by atoms with E-state index in [9.17, 15) is 4.79 Å². The van der Waals surface area contributed by atoms with Crippen molar-refractivity contribution in [2.24, 2.45) is 0 Å². The van der Waals surface area contributed by atoms with Crippen LogP contribution in [0.4, 0.5) is 0 Å². The molecule has 0 aliphatic carbocycles. The van der Waals surface area contributed by atoms with E-state index in [2.05, 4.69) is 20.3 Å². The first-order chi connectivity index (χ1) is 13.3. The number of benzene rings is 2. The third-order valence-electron chi connectivity index (χ3n) is 4.31. The lowest BCUT2D eigenvalue weighted by Crippen LogP contribution is -2.25. The molecule has 4 aromatic rings. The number of hydrogen-bond acceptors (Lipinski definition) is 4. The van der Waals surface area contributed by atoms with Gasteiger partial charge in [-0.1, -0.05) is 30.3 Å². The second-order valence-corrected chi connectivity index (χ2v) is 6.23. The quantitative estimate of drug-likeness (QED) is 0.537. The third kappa shape index (κ3) is 4.00. The predicted molar refractivity (Wildman–Crippen MR) is 104 cm³/mol. The van der Waals surface area contributed by atoms with Crippen molar-refractivity contribution in [2.45, 2.75) is 13.0 Å². The van der Waals surface area contributed by atoms with Crippen LogP contribution in [0.1, 0.15) is 16.8 Å². The monoisotopic (exact) mass is 357 g/mol. The summed E-state index contributed by atoms with van der Waals surface area (Å²) in [6.07, 6.45) is 8.01. The summed E-state index contributed by atoms with van der Waals surface area (Å²) >= 11 is 0. The molecule has 0 saturated carbocycles. The fraction of sp³-hybridized carbons (Fsp3) is 0.143. The summed E-state index contributed by atoms with van der Waals surface area (Å²) in [5, 5.41) is 2.94. The van der Waals surface area contributed by atoms with Crippen molar-refractivity contribution in [3.8, 4) is 11.3 Å². The predicted octanol–water partition coefficient (Wildman–Crippen LogP) is 3.31. The summed E-state index contributed by atoms with van der Waals surface area (Å²) in [6, 6.07) is 15.3. The van der Waals surface area contributed by atoms with Gasteiger partial charge < -0.3 is 9.88 Å². The van der Waals surface area contributed by atoms with Crippen LogP contribution in [-0.2, 0) is 6.54 Å². The van der Waals surface area contributed by atoms with Crippen LogP contribution >= 0.6 is 0 Å². The summed E-state index contributed by atoms with van der Waals surface area (Å²) in [7, 11) is 0. The second-order valence-electron chi connectivity index (χ2n) is 6.23. The van der Waals surface area contributed by atoms with Gasteiger partial charge in [0.15, 0.2) is 0 Å². The van der Waals surface area contributed by atoms with E-state index in [-0.39, 0.29) is 5.91 Å². The number of rotatable bonds is 6. The first-order valence-corrected chi connectivity index (χ1v) is 8.86. The van der Waals surface area contributed by atoms with Gasteiger partial charge in [-0.3, -0.25) is 9.78 Å². The highest BCUT2D eigenvalue weighted by atomic mass is 16.1. The Morgan fingerprint density at radius 3 is 2.78 bits per heavy atom. The molecule has 1 amide bonds. The average molecular weight is 357 g/mol. The van der Waals surface area contributed by atoms with Crippen LogP contribution in [0.25, 0.3) is 22.3 Å². The molecule has 0 fully saturated rings.